The first-order valence-corrected chi connectivity index (χ1v) is 20.8. The minimum absolute atomic E-state index is 0.309. The highest BCUT2D eigenvalue weighted by molar-refractivity contribution is 6.00. The Morgan fingerprint density at radius 1 is 0.661 bits per heavy atom. The number of ether oxygens (including phenoxy) is 1. The number of anilines is 2. The van der Waals surface area contributed by atoms with Crippen LogP contribution in [-0.2, 0) is 26.4 Å². The van der Waals surface area contributed by atoms with E-state index in [1.54, 1.807) is 16.9 Å². The number of nitrogens with one attached hydrogen (secondary N) is 1. The van der Waals surface area contributed by atoms with Gasteiger partial charge in [0, 0.05) is 31.1 Å². The van der Waals surface area contributed by atoms with Crippen LogP contribution in [0.15, 0.2) is 194 Å². The summed E-state index contributed by atoms with van der Waals surface area (Å²) in [5.41, 5.74) is 7.53. The van der Waals surface area contributed by atoms with Crippen molar-refractivity contribution in [2.45, 2.75) is 39.0 Å². The molecule has 1 unspecified atom stereocenters. The van der Waals surface area contributed by atoms with Crippen LogP contribution in [0, 0.1) is 5.92 Å². The lowest BCUT2D eigenvalue weighted by Crippen LogP contribution is -2.39. The van der Waals surface area contributed by atoms with Crippen LogP contribution in [0.2, 0.25) is 0 Å². The van der Waals surface area contributed by atoms with E-state index in [-0.39, 0.29) is 0 Å². The van der Waals surface area contributed by atoms with Crippen molar-refractivity contribution in [2.75, 3.05) is 16.8 Å². The zero-order valence-corrected chi connectivity index (χ0v) is 35.0. The Bertz CT molecular complexity index is 2630. The molecule has 0 radical (unpaired) electrons. The normalized spacial score (nSPS) is 11.8. The Balaban J connectivity index is 1.26. The number of esters is 1. The van der Waals surface area contributed by atoms with Gasteiger partial charge in [-0.2, -0.15) is 0 Å². The van der Waals surface area contributed by atoms with Gasteiger partial charge in [-0.25, -0.2) is 0 Å². The molecule has 1 heterocycles. The van der Waals surface area contributed by atoms with E-state index >= 15 is 0 Å². The second kappa shape index (κ2) is 18.7. The molecule has 308 valence electrons. The number of benzene rings is 7. The number of amides is 1. The van der Waals surface area contributed by atoms with Crippen LogP contribution in [0.25, 0.3) is 22.5 Å². The van der Waals surface area contributed by atoms with Crippen LogP contribution in [0.1, 0.15) is 54.7 Å². The number of carbonyl (C=O) groups is 2. The monoisotopic (exact) mass is 816 g/mol. The number of carbonyl (C=O) groups excluding carboxylic acids is 2. The fourth-order valence-electron chi connectivity index (χ4n) is 8.12. The van der Waals surface area contributed by atoms with Gasteiger partial charge in [0.05, 0.1) is 11.4 Å². The van der Waals surface area contributed by atoms with Gasteiger partial charge in [-0.1, -0.05) is 196 Å². The Morgan fingerprint density at radius 2 is 1.18 bits per heavy atom. The molecule has 0 aliphatic carbocycles. The number of hydrogen-bond acceptors (Lipinski definition) is 7. The van der Waals surface area contributed by atoms with Crippen LogP contribution in [-0.4, -0.2) is 38.6 Å². The van der Waals surface area contributed by atoms with E-state index < -0.39 is 23.5 Å². The van der Waals surface area contributed by atoms with Gasteiger partial charge in [0.15, 0.2) is 5.54 Å². The number of rotatable bonds is 15. The fraction of sp³-hybridized carbons (Fsp3) is 0.151. The highest BCUT2D eigenvalue weighted by Crippen LogP contribution is 2.41. The van der Waals surface area contributed by atoms with Crippen LogP contribution in [0.5, 0.6) is 0 Å². The van der Waals surface area contributed by atoms with Crippen molar-refractivity contribution in [2.24, 2.45) is 5.92 Å². The zero-order valence-electron chi connectivity index (χ0n) is 35.0. The van der Waals surface area contributed by atoms with Crippen LogP contribution >= 0.6 is 0 Å². The van der Waals surface area contributed by atoms with Crippen LogP contribution in [0.3, 0.4) is 0 Å². The molecule has 0 fully saturated rings. The summed E-state index contributed by atoms with van der Waals surface area (Å²) in [5.74, 6) is -0.277. The van der Waals surface area contributed by atoms with Gasteiger partial charge < -0.3 is 15.0 Å². The first-order valence-electron chi connectivity index (χ1n) is 20.8. The van der Waals surface area contributed by atoms with E-state index in [4.69, 9.17) is 20.1 Å². The minimum Gasteiger partial charge on any atom is -0.447 e. The van der Waals surface area contributed by atoms with E-state index in [9.17, 15) is 9.59 Å². The summed E-state index contributed by atoms with van der Waals surface area (Å²) >= 11 is 0. The molecule has 0 aliphatic rings. The molecule has 0 saturated heterocycles. The molecule has 9 heteroatoms. The molecular weight excluding hydrogens is 769 g/mol. The second-order valence-corrected chi connectivity index (χ2v) is 15.6. The van der Waals surface area contributed by atoms with E-state index in [1.807, 2.05) is 127 Å². The third kappa shape index (κ3) is 8.79. The topological polar surface area (TPSA) is 102 Å². The summed E-state index contributed by atoms with van der Waals surface area (Å²) in [6.07, 6.45) is -1.16. The van der Waals surface area contributed by atoms with Gasteiger partial charge in [0.1, 0.15) is 0 Å². The van der Waals surface area contributed by atoms with E-state index in [1.165, 1.54) is 6.92 Å². The lowest BCUT2D eigenvalue weighted by Gasteiger charge is -2.34. The van der Waals surface area contributed by atoms with Gasteiger partial charge in [0.2, 0.25) is 11.9 Å². The maximum atomic E-state index is 14.3. The number of hydrogen-bond donors (Lipinski definition) is 1. The summed E-state index contributed by atoms with van der Waals surface area (Å²) in [7, 11) is 0. The summed E-state index contributed by atoms with van der Waals surface area (Å²) in [4.78, 5) is 30.7. The minimum atomic E-state index is -1.16. The maximum absolute atomic E-state index is 14.3. The van der Waals surface area contributed by atoms with E-state index in [2.05, 4.69) is 78.7 Å². The zero-order chi connectivity index (χ0) is 42.9. The Morgan fingerprint density at radius 3 is 1.73 bits per heavy atom. The van der Waals surface area contributed by atoms with Gasteiger partial charge in [-0.3, -0.25) is 9.59 Å². The van der Waals surface area contributed by atoms with Crippen molar-refractivity contribution >= 4 is 23.3 Å². The van der Waals surface area contributed by atoms with Gasteiger partial charge in [-0.15, -0.1) is 15.0 Å². The average molecular weight is 817 g/mol. The Hall–Kier alpha value is -7.65. The van der Waals surface area contributed by atoms with Crippen molar-refractivity contribution in [3.8, 4) is 22.5 Å². The summed E-state index contributed by atoms with van der Waals surface area (Å²) in [6, 6.07) is 64.1. The highest BCUT2D eigenvalue weighted by Gasteiger charge is 2.41. The molecule has 8 rings (SSSR count). The van der Waals surface area contributed by atoms with Crippen molar-refractivity contribution < 1.29 is 14.3 Å². The summed E-state index contributed by atoms with van der Waals surface area (Å²) in [6.45, 7) is 7.00. The number of aromatic nitrogens is 4. The van der Waals surface area contributed by atoms with Gasteiger partial charge in [-0.05, 0) is 56.6 Å². The average Bonchev–Trinajstić information content (AvgIpc) is 3.80. The number of tetrazole rings is 1. The molecule has 0 saturated carbocycles. The van der Waals surface area contributed by atoms with E-state index in [0.717, 1.165) is 51.2 Å². The van der Waals surface area contributed by atoms with Gasteiger partial charge >= 0.3 is 5.97 Å². The smallest absolute Gasteiger partial charge is 0.303 e. The Labute approximate surface area is 362 Å². The third-order valence-corrected chi connectivity index (χ3v) is 10.8. The van der Waals surface area contributed by atoms with E-state index in [0.29, 0.717) is 29.5 Å². The molecule has 7 aromatic carbocycles. The SMILES string of the molecule is CC(=O)OC(C(=O)Nc1cc(-c2ccccc2-c2nnn(C(c3ccccc3)(c3ccccc3)c3ccccc3)n2)ccc1N(Cc1ccccc1)CC(C)C)c1ccccc1. The van der Waals surface area contributed by atoms with Crippen LogP contribution < -0.4 is 10.2 Å². The van der Waals surface area contributed by atoms with Crippen molar-refractivity contribution in [3.05, 3.63) is 222 Å². The molecule has 0 bridgehead atoms. The molecule has 1 N–H and O–H groups in total. The fourth-order valence-corrected chi connectivity index (χ4v) is 8.12. The molecule has 0 aliphatic heterocycles. The standard InChI is InChI=1S/C53H48N6O3/c1-38(2)36-58(37-40-21-9-4-10-22-40)49-34-33-42(35-48(49)54-52(61)50(62-39(3)60)41-23-11-5-12-24-41)46-31-19-20-32-47(46)51-55-57-59(56-51)53(43-25-13-6-14-26-43,44-27-15-7-16-28-44)45-29-17-8-18-30-45/h4-35,38,50H,36-37H2,1-3H3,(H,54,61). The highest BCUT2D eigenvalue weighted by atomic mass is 16.5. The lowest BCUT2D eigenvalue weighted by atomic mass is 9.77. The predicted molar refractivity (Wildman–Crippen MR) is 245 cm³/mol. The lowest BCUT2D eigenvalue weighted by molar-refractivity contribution is -0.152. The molecular formula is C53H48N6O3. The molecule has 1 amide bonds. The molecule has 62 heavy (non-hydrogen) atoms. The summed E-state index contributed by atoms with van der Waals surface area (Å²) < 4.78 is 5.66. The summed E-state index contributed by atoms with van der Waals surface area (Å²) in [5, 5.41) is 18.0. The second-order valence-electron chi connectivity index (χ2n) is 15.6. The van der Waals surface area contributed by atoms with Crippen molar-refractivity contribution in [3.63, 3.8) is 0 Å². The molecule has 8 aromatic rings. The van der Waals surface area contributed by atoms with Gasteiger partial charge in [0.25, 0.3) is 5.91 Å². The Kier molecular flexibility index (Phi) is 12.4. The largest absolute Gasteiger partial charge is 0.447 e. The maximum Gasteiger partial charge on any atom is 0.303 e. The molecule has 0 spiro atoms. The predicted octanol–water partition coefficient (Wildman–Crippen LogP) is 10.8. The third-order valence-electron chi connectivity index (χ3n) is 10.8. The number of nitrogens with zero attached hydrogens (tertiary/aromatic N) is 5. The van der Waals surface area contributed by atoms with Crippen LogP contribution in [0.4, 0.5) is 11.4 Å². The quantitative estimate of drug-likeness (QED) is 0.0812. The molecule has 1 atom stereocenters. The molecule has 9 nitrogen and oxygen atoms in total. The first kappa shape index (κ1) is 41.1. The molecule has 1 aromatic heterocycles. The van der Waals surface area contributed by atoms with Crippen molar-refractivity contribution in [1.29, 1.82) is 0 Å². The van der Waals surface area contributed by atoms with Crippen molar-refractivity contribution in [1.82, 2.24) is 20.2 Å². The first-order chi connectivity index (χ1) is 30.3.